The molecule has 0 amide bonds. The molecule has 0 aliphatic heterocycles. The van der Waals surface area contributed by atoms with Crippen LogP contribution in [0.5, 0.6) is 0 Å². The van der Waals surface area contributed by atoms with Crippen LogP contribution in [0.25, 0.3) is 11.0 Å². The van der Waals surface area contributed by atoms with Crippen LogP contribution in [-0.4, -0.2) is 9.55 Å². The van der Waals surface area contributed by atoms with E-state index in [2.05, 4.69) is 48.5 Å². The maximum Gasteiger partial charge on any atom is 0.178 e. The zero-order valence-corrected chi connectivity index (χ0v) is 12.8. The number of rotatable bonds is 1. The smallest absolute Gasteiger partial charge is 0.178 e. The second-order valence-electron chi connectivity index (χ2n) is 6.19. The van der Waals surface area contributed by atoms with Crippen molar-refractivity contribution in [2.24, 2.45) is 11.8 Å². The lowest BCUT2D eigenvalue weighted by atomic mass is 9.79. The second-order valence-corrected chi connectivity index (χ2v) is 6.58. The van der Waals surface area contributed by atoms with Crippen molar-refractivity contribution in [2.45, 2.75) is 46.1 Å². The predicted molar refractivity (Wildman–Crippen MR) is 83.1 cm³/mol. The largest absolute Gasteiger partial charge is 0.331 e. The molecule has 1 aliphatic rings. The Bertz CT molecular complexity index is 652. The first-order valence-corrected chi connectivity index (χ1v) is 7.68. The average molecular weight is 274 g/mol. The van der Waals surface area contributed by atoms with Crippen LogP contribution < -0.4 is 0 Å². The number of nitrogens with zero attached hydrogens (tertiary/aromatic N) is 1. The first-order valence-electron chi connectivity index (χ1n) is 7.27. The summed E-state index contributed by atoms with van der Waals surface area (Å²) in [5.41, 5.74) is 3.80. The van der Waals surface area contributed by atoms with Crippen molar-refractivity contribution in [3.05, 3.63) is 28.5 Å². The van der Waals surface area contributed by atoms with Crippen LogP contribution in [0.3, 0.4) is 0 Å². The van der Waals surface area contributed by atoms with Crippen molar-refractivity contribution in [1.82, 2.24) is 9.55 Å². The lowest BCUT2D eigenvalue weighted by Crippen LogP contribution is -2.23. The molecule has 3 rings (SSSR count). The van der Waals surface area contributed by atoms with E-state index in [0.717, 1.165) is 16.6 Å². The van der Waals surface area contributed by atoms with Gasteiger partial charge in [0, 0.05) is 6.04 Å². The molecule has 1 N–H and O–H groups in total. The summed E-state index contributed by atoms with van der Waals surface area (Å²) in [7, 11) is 0. The predicted octanol–water partition coefficient (Wildman–Crippen LogP) is 5.00. The third-order valence-corrected chi connectivity index (χ3v) is 5.17. The van der Waals surface area contributed by atoms with Crippen molar-refractivity contribution in [3.63, 3.8) is 0 Å². The number of hydrogen-bond donors (Lipinski definition) is 1. The van der Waals surface area contributed by atoms with Crippen LogP contribution in [0.1, 0.15) is 44.7 Å². The van der Waals surface area contributed by atoms with E-state index in [1.807, 2.05) is 0 Å². The number of aryl methyl sites for hydroxylation is 1. The van der Waals surface area contributed by atoms with Crippen molar-refractivity contribution in [3.8, 4) is 0 Å². The molecule has 1 heterocycles. The number of nitrogens with one attached hydrogen (secondary N) is 1. The van der Waals surface area contributed by atoms with Gasteiger partial charge in [0.2, 0.25) is 0 Å². The second kappa shape index (κ2) is 4.78. The Morgan fingerprint density at radius 3 is 2.74 bits per heavy atom. The monoisotopic (exact) mass is 274 g/mol. The van der Waals surface area contributed by atoms with Crippen LogP contribution in [0.4, 0.5) is 0 Å². The number of aromatic nitrogens is 2. The highest BCUT2D eigenvalue weighted by atomic mass is 32.1. The van der Waals surface area contributed by atoms with Crippen LogP contribution >= 0.6 is 12.2 Å². The van der Waals surface area contributed by atoms with E-state index >= 15 is 0 Å². The molecule has 0 bridgehead atoms. The zero-order chi connectivity index (χ0) is 13.6. The van der Waals surface area contributed by atoms with E-state index < -0.39 is 0 Å². The number of imidazole rings is 1. The fraction of sp³-hybridized carbons (Fsp3) is 0.562. The van der Waals surface area contributed by atoms with Gasteiger partial charge in [-0.1, -0.05) is 26.0 Å². The molecular weight excluding hydrogens is 252 g/mol. The van der Waals surface area contributed by atoms with Gasteiger partial charge in [-0.25, -0.2) is 0 Å². The summed E-state index contributed by atoms with van der Waals surface area (Å²) in [6.45, 7) is 6.93. The zero-order valence-electron chi connectivity index (χ0n) is 11.9. The Morgan fingerprint density at radius 2 is 2.00 bits per heavy atom. The van der Waals surface area contributed by atoms with Gasteiger partial charge < -0.3 is 9.55 Å². The van der Waals surface area contributed by atoms with E-state index in [9.17, 15) is 0 Å². The SMILES string of the molecule is Cc1cccc2[nH]c(=S)n(C3CCC(C)C(C)C3)c12. The molecular formula is C16H22N2S. The summed E-state index contributed by atoms with van der Waals surface area (Å²) in [6, 6.07) is 6.96. The van der Waals surface area contributed by atoms with Crippen molar-refractivity contribution < 1.29 is 0 Å². The molecule has 3 heteroatoms. The first-order chi connectivity index (χ1) is 9.08. The number of benzene rings is 1. The Labute approximate surface area is 119 Å². The minimum Gasteiger partial charge on any atom is -0.331 e. The maximum absolute atomic E-state index is 5.57. The maximum atomic E-state index is 5.57. The van der Waals surface area contributed by atoms with Crippen LogP contribution in [0.15, 0.2) is 18.2 Å². The van der Waals surface area contributed by atoms with Crippen molar-refractivity contribution in [1.29, 1.82) is 0 Å². The van der Waals surface area contributed by atoms with E-state index in [1.54, 1.807) is 0 Å². The number of para-hydroxylation sites is 1. The molecule has 19 heavy (non-hydrogen) atoms. The lowest BCUT2D eigenvalue weighted by molar-refractivity contribution is 0.212. The number of hydrogen-bond acceptors (Lipinski definition) is 1. The number of fused-ring (bicyclic) bond motifs is 1. The Morgan fingerprint density at radius 1 is 1.21 bits per heavy atom. The molecule has 3 unspecified atom stereocenters. The van der Waals surface area contributed by atoms with Crippen molar-refractivity contribution in [2.75, 3.05) is 0 Å². The highest BCUT2D eigenvalue weighted by Crippen LogP contribution is 2.38. The van der Waals surface area contributed by atoms with Gasteiger partial charge in [0.05, 0.1) is 11.0 Å². The van der Waals surface area contributed by atoms with E-state index in [-0.39, 0.29) is 0 Å². The summed E-state index contributed by atoms with van der Waals surface area (Å²) in [5.74, 6) is 1.63. The quantitative estimate of drug-likeness (QED) is 0.725. The molecule has 1 aliphatic carbocycles. The summed E-state index contributed by atoms with van der Waals surface area (Å²) >= 11 is 5.57. The molecule has 0 spiro atoms. The topological polar surface area (TPSA) is 20.7 Å². The Kier molecular flexibility index (Phi) is 3.25. The van der Waals surface area contributed by atoms with Gasteiger partial charge in [0.1, 0.15) is 0 Å². The van der Waals surface area contributed by atoms with E-state index in [1.165, 1.54) is 35.9 Å². The lowest BCUT2D eigenvalue weighted by Gasteiger charge is -2.33. The highest BCUT2D eigenvalue weighted by molar-refractivity contribution is 7.71. The standard InChI is InChI=1S/C16H22N2S/c1-10-7-8-13(9-12(10)3)18-15-11(2)5-4-6-14(15)17-16(18)19/h4-6,10,12-13H,7-9H2,1-3H3,(H,17,19). The molecule has 1 saturated carbocycles. The third kappa shape index (κ3) is 2.14. The molecule has 0 saturated heterocycles. The number of aromatic amines is 1. The fourth-order valence-corrected chi connectivity index (χ4v) is 3.81. The summed E-state index contributed by atoms with van der Waals surface area (Å²) in [5, 5.41) is 0. The van der Waals surface area contributed by atoms with Gasteiger partial charge in [0.15, 0.2) is 4.77 Å². The van der Waals surface area contributed by atoms with Crippen LogP contribution in [-0.2, 0) is 0 Å². The molecule has 2 nitrogen and oxygen atoms in total. The summed E-state index contributed by atoms with van der Waals surface area (Å²) < 4.78 is 3.26. The molecule has 102 valence electrons. The van der Waals surface area contributed by atoms with E-state index in [0.29, 0.717) is 6.04 Å². The number of H-pyrrole nitrogens is 1. The van der Waals surface area contributed by atoms with Crippen LogP contribution in [0.2, 0.25) is 0 Å². The highest BCUT2D eigenvalue weighted by Gasteiger charge is 2.27. The Balaban J connectivity index is 2.10. The normalized spacial score (nSPS) is 27.8. The minimum absolute atomic E-state index is 0.563. The fourth-order valence-electron chi connectivity index (χ4n) is 3.46. The van der Waals surface area contributed by atoms with Gasteiger partial charge in [-0.2, -0.15) is 0 Å². The van der Waals surface area contributed by atoms with Gasteiger partial charge in [-0.15, -0.1) is 0 Å². The van der Waals surface area contributed by atoms with Gasteiger partial charge >= 0.3 is 0 Å². The summed E-state index contributed by atoms with van der Waals surface area (Å²) in [6.07, 6.45) is 3.81. The molecule has 1 aromatic carbocycles. The van der Waals surface area contributed by atoms with Crippen LogP contribution in [0, 0.1) is 23.5 Å². The van der Waals surface area contributed by atoms with Gasteiger partial charge in [-0.3, -0.25) is 0 Å². The van der Waals surface area contributed by atoms with Gasteiger partial charge in [-0.05, 0) is 61.9 Å². The van der Waals surface area contributed by atoms with Crippen molar-refractivity contribution >= 4 is 23.3 Å². The molecule has 2 aromatic rings. The molecule has 1 fully saturated rings. The molecule has 0 radical (unpaired) electrons. The summed E-state index contributed by atoms with van der Waals surface area (Å²) in [4.78, 5) is 3.37. The first kappa shape index (κ1) is 12.9. The minimum atomic E-state index is 0.563. The molecule has 1 aromatic heterocycles. The third-order valence-electron chi connectivity index (χ3n) is 4.87. The van der Waals surface area contributed by atoms with E-state index in [4.69, 9.17) is 12.2 Å². The Hall–Kier alpha value is -1.09. The molecule has 3 atom stereocenters. The van der Waals surface area contributed by atoms with Gasteiger partial charge in [0.25, 0.3) is 0 Å². The average Bonchev–Trinajstić information content (AvgIpc) is 2.70.